The number of carbonyl (C=O) groups excluding carboxylic acids is 2. The van der Waals surface area contributed by atoms with Gasteiger partial charge in [0.25, 0.3) is 11.8 Å². The Bertz CT molecular complexity index is 797. The summed E-state index contributed by atoms with van der Waals surface area (Å²) in [5.74, 6) is -0.00737. The van der Waals surface area contributed by atoms with Crippen molar-refractivity contribution >= 4 is 40.9 Å². The number of rotatable bonds is 7. The van der Waals surface area contributed by atoms with Gasteiger partial charge in [0.05, 0.1) is 20.6 Å². The standard InChI is InChI=1S/C19H23N3O2S/c1-21(2)10-4-9-20-16-8-7-15-17-13(16)5-3-6-14(17)18(23)22(11-12-25)19(15)24/h3,5-8,20,25H,4,9-12H2,1-2H3/p+1. The van der Waals surface area contributed by atoms with Crippen molar-refractivity contribution in [2.24, 2.45) is 0 Å². The minimum Gasteiger partial charge on any atom is -0.384 e. The van der Waals surface area contributed by atoms with Crippen LogP contribution in [0.25, 0.3) is 10.8 Å². The van der Waals surface area contributed by atoms with Gasteiger partial charge >= 0.3 is 0 Å². The van der Waals surface area contributed by atoms with Crippen molar-refractivity contribution in [3.63, 3.8) is 0 Å². The highest BCUT2D eigenvalue weighted by Crippen LogP contribution is 2.34. The Hall–Kier alpha value is -2.05. The van der Waals surface area contributed by atoms with Crippen LogP contribution in [0.1, 0.15) is 27.1 Å². The molecule has 0 aromatic heterocycles. The number of thiol groups is 1. The lowest BCUT2D eigenvalue weighted by atomic mass is 9.93. The molecule has 5 nitrogen and oxygen atoms in total. The highest BCUT2D eigenvalue weighted by molar-refractivity contribution is 7.80. The Kier molecular flexibility index (Phi) is 5.30. The average Bonchev–Trinajstić information content (AvgIpc) is 2.60. The Morgan fingerprint density at radius 3 is 2.48 bits per heavy atom. The quantitative estimate of drug-likeness (QED) is 0.397. The molecule has 1 heterocycles. The molecule has 0 saturated heterocycles. The van der Waals surface area contributed by atoms with Crippen LogP contribution in [0.15, 0.2) is 30.3 Å². The molecule has 0 bridgehead atoms. The Balaban J connectivity index is 1.97. The first-order valence-corrected chi connectivity index (χ1v) is 9.23. The molecule has 2 amide bonds. The van der Waals surface area contributed by atoms with E-state index in [0.29, 0.717) is 23.4 Å². The largest absolute Gasteiger partial charge is 0.384 e. The molecule has 0 radical (unpaired) electrons. The van der Waals surface area contributed by atoms with Gasteiger partial charge in [-0.1, -0.05) is 12.1 Å². The monoisotopic (exact) mass is 358 g/mol. The van der Waals surface area contributed by atoms with E-state index in [1.165, 1.54) is 9.80 Å². The zero-order chi connectivity index (χ0) is 18.0. The second-order valence-corrected chi connectivity index (χ2v) is 7.06. The van der Waals surface area contributed by atoms with Crippen molar-refractivity contribution in [2.75, 3.05) is 44.8 Å². The number of nitrogens with one attached hydrogen (secondary N) is 2. The van der Waals surface area contributed by atoms with Crippen LogP contribution in [0.5, 0.6) is 0 Å². The lowest BCUT2D eigenvalue weighted by Gasteiger charge is -2.27. The zero-order valence-corrected chi connectivity index (χ0v) is 15.5. The lowest BCUT2D eigenvalue weighted by molar-refractivity contribution is -0.858. The van der Waals surface area contributed by atoms with Gasteiger partial charge in [-0.25, -0.2) is 0 Å². The molecule has 1 aliphatic heterocycles. The minimum absolute atomic E-state index is 0.231. The number of hydrogen-bond acceptors (Lipinski definition) is 4. The summed E-state index contributed by atoms with van der Waals surface area (Å²) in [5, 5.41) is 5.14. The lowest BCUT2D eigenvalue weighted by Crippen LogP contribution is -3.05. The van der Waals surface area contributed by atoms with Crippen LogP contribution in [-0.2, 0) is 0 Å². The molecule has 2 aromatic carbocycles. The number of benzene rings is 2. The number of carbonyl (C=O) groups is 2. The molecule has 25 heavy (non-hydrogen) atoms. The number of anilines is 1. The first-order valence-electron chi connectivity index (χ1n) is 8.60. The summed E-state index contributed by atoms with van der Waals surface area (Å²) in [5.41, 5.74) is 2.16. The van der Waals surface area contributed by atoms with Crippen molar-refractivity contribution in [3.8, 4) is 0 Å². The molecule has 0 atom stereocenters. The summed E-state index contributed by atoms with van der Waals surface area (Å²) >= 11 is 4.16. The third-order valence-electron chi connectivity index (χ3n) is 4.48. The van der Waals surface area contributed by atoms with Crippen molar-refractivity contribution in [2.45, 2.75) is 6.42 Å². The molecule has 0 spiro atoms. The fraction of sp³-hybridized carbons (Fsp3) is 0.368. The van der Waals surface area contributed by atoms with Crippen LogP contribution in [0.4, 0.5) is 5.69 Å². The molecule has 0 unspecified atom stereocenters. The molecular formula is C19H24N3O2S+. The van der Waals surface area contributed by atoms with Gasteiger partial charge in [0.2, 0.25) is 0 Å². The van der Waals surface area contributed by atoms with Gasteiger partial charge in [-0.2, -0.15) is 12.6 Å². The normalized spacial score (nSPS) is 13.8. The second kappa shape index (κ2) is 7.45. The van der Waals surface area contributed by atoms with Crippen molar-refractivity contribution in [3.05, 3.63) is 41.5 Å². The molecule has 132 valence electrons. The molecule has 0 aliphatic carbocycles. The molecule has 0 saturated carbocycles. The summed E-state index contributed by atoms with van der Waals surface area (Å²) in [4.78, 5) is 28.1. The van der Waals surface area contributed by atoms with Crippen molar-refractivity contribution in [1.82, 2.24) is 4.90 Å². The molecular weight excluding hydrogens is 334 g/mol. The number of imide groups is 1. The van der Waals surface area contributed by atoms with Crippen LogP contribution < -0.4 is 10.2 Å². The van der Waals surface area contributed by atoms with Gasteiger partial charge in [-0.3, -0.25) is 14.5 Å². The SMILES string of the molecule is C[NH+](C)CCCNc1ccc2c3c(cccc13)C(=O)N(CCS)C2=O. The zero-order valence-electron chi connectivity index (χ0n) is 14.6. The van der Waals surface area contributed by atoms with Crippen LogP contribution in [0.2, 0.25) is 0 Å². The maximum absolute atomic E-state index is 12.7. The molecule has 6 heteroatoms. The number of nitrogens with zero attached hydrogens (tertiary/aromatic N) is 1. The summed E-state index contributed by atoms with van der Waals surface area (Å²) < 4.78 is 0. The first kappa shape index (κ1) is 17.8. The molecule has 2 N–H and O–H groups in total. The van der Waals surface area contributed by atoms with Crippen molar-refractivity contribution in [1.29, 1.82) is 0 Å². The Morgan fingerprint density at radius 2 is 1.80 bits per heavy atom. The number of quaternary nitrogens is 1. The number of amides is 2. The third kappa shape index (κ3) is 3.37. The molecule has 1 aliphatic rings. The minimum atomic E-state index is -0.231. The van der Waals surface area contributed by atoms with Crippen LogP contribution in [0, 0.1) is 0 Å². The Morgan fingerprint density at radius 1 is 1.08 bits per heavy atom. The van der Waals surface area contributed by atoms with E-state index in [9.17, 15) is 9.59 Å². The summed E-state index contributed by atoms with van der Waals surface area (Å²) in [7, 11) is 4.27. The van der Waals surface area contributed by atoms with Gasteiger partial charge in [0.15, 0.2) is 0 Å². The van der Waals surface area contributed by atoms with Gasteiger partial charge in [0, 0.05) is 52.8 Å². The van der Waals surface area contributed by atoms with Gasteiger partial charge in [-0.15, -0.1) is 0 Å². The van der Waals surface area contributed by atoms with Gasteiger partial charge in [0.1, 0.15) is 0 Å². The fourth-order valence-electron chi connectivity index (χ4n) is 3.27. The maximum atomic E-state index is 12.7. The van der Waals surface area contributed by atoms with Crippen LogP contribution in [0.3, 0.4) is 0 Å². The molecule has 3 rings (SSSR count). The average molecular weight is 358 g/mol. The highest BCUT2D eigenvalue weighted by Gasteiger charge is 2.32. The summed E-state index contributed by atoms with van der Waals surface area (Å²) in [6.45, 7) is 2.27. The van der Waals surface area contributed by atoms with E-state index < -0.39 is 0 Å². The van der Waals surface area contributed by atoms with Gasteiger partial charge < -0.3 is 10.2 Å². The van der Waals surface area contributed by atoms with E-state index in [1.54, 1.807) is 6.07 Å². The predicted molar refractivity (Wildman–Crippen MR) is 104 cm³/mol. The van der Waals surface area contributed by atoms with Gasteiger partial charge in [-0.05, 0) is 18.2 Å². The van der Waals surface area contributed by atoms with E-state index in [1.807, 2.05) is 24.3 Å². The number of hydrogen-bond donors (Lipinski definition) is 3. The van der Waals surface area contributed by atoms with E-state index in [2.05, 4.69) is 32.0 Å². The topological polar surface area (TPSA) is 53.9 Å². The van der Waals surface area contributed by atoms with Crippen LogP contribution >= 0.6 is 12.6 Å². The first-order chi connectivity index (χ1) is 12.0. The molecule has 2 aromatic rings. The molecule has 0 fully saturated rings. The maximum Gasteiger partial charge on any atom is 0.261 e. The van der Waals surface area contributed by atoms with E-state index in [4.69, 9.17) is 0 Å². The van der Waals surface area contributed by atoms with E-state index in [-0.39, 0.29) is 11.8 Å². The third-order valence-corrected chi connectivity index (χ3v) is 4.68. The summed E-state index contributed by atoms with van der Waals surface area (Å²) in [6.07, 6.45) is 1.05. The second-order valence-electron chi connectivity index (χ2n) is 6.61. The van der Waals surface area contributed by atoms with Crippen LogP contribution in [-0.4, -0.2) is 56.2 Å². The summed E-state index contributed by atoms with van der Waals surface area (Å²) in [6, 6.07) is 9.41. The van der Waals surface area contributed by atoms with Crippen molar-refractivity contribution < 1.29 is 14.5 Å². The van der Waals surface area contributed by atoms with E-state index >= 15 is 0 Å². The smallest absolute Gasteiger partial charge is 0.261 e. The Labute approximate surface area is 153 Å². The fourth-order valence-corrected chi connectivity index (χ4v) is 3.47. The predicted octanol–water partition coefficient (Wildman–Crippen LogP) is 1.31. The van der Waals surface area contributed by atoms with E-state index in [0.717, 1.165) is 36.0 Å². The highest BCUT2D eigenvalue weighted by atomic mass is 32.1.